The first-order valence-electron chi connectivity index (χ1n) is 7.46. The number of tetrazole rings is 1. The number of anilines is 1. The molecule has 1 aliphatic rings. The number of carbonyl (C=O) groups is 1. The van der Waals surface area contributed by atoms with Crippen LogP contribution in [0.3, 0.4) is 0 Å². The molecule has 1 N–H and O–H groups in total. The molecule has 0 aliphatic carbocycles. The van der Waals surface area contributed by atoms with E-state index < -0.39 is 15.7 Å². The zero-order valence-electron chi connectivity index (χ0n) is 13.7. The molecular weight excluding hydrogens is 514 g/mol. The van der Waals surface area contributed by atoms with Crippen LogP contribution in [-0.4, -0.2) is 40.3 Å². The van der Waals surface area contributed by atoms with Crippen molar-refractivity contribution in [1.29, 1.82) is 0 Å². The average Bonchev–Trinajstić information content (AvgIpc) is 2.94. The predicted molar refractivity (Wildman–Crippen MR) is 87.2 cm³/mol. The van der Waals surface area contributed by atoms with Gasteiger partial charge >= 0.3 is 0 Å². The third kappa shape index (κ3) is 3.72. The van der Waals surface area contributed by atoms with Gasteiger partial charge in [0.1, 0.15) is 9.84 Å². The van der Waals surface area contributed by atoms with Gasteiger partial charge in [-0.3, -0.25) is 10.1 Å². The Labute approximate surface area is 159 Å². The smallest absolute Gasteiger partial charge is 0.249 e. The van der Waals surface area contributed by atoms with Crippen LogP contribution >= 0.6 is 0 Å². The van der Waals surface area contributed by atoms with Gasteiger partial charge in [-0.25, -0.2) is 13.1 Å². The average molecular weight is 530 g/mol. The molecule has 2 aromatic rings. The van der Waals surface area contributed by atoms with Gasteiger partial charge in [-0.1, -0.05) is 18.9 Å². The van der Waals surface area contributed by atoms with Gasteiger partial charge < -0.3 is 0 Å². The van der Waals surface area contributed by atoms with Gasteiger partial charge in [-0.15, -0.1) is 35.4 Å². The van der Waals surface area contributed by atoms with E-state index in [1.807, 2.05) is 6.92 Å². The minimum Gasteiger partial charge on any atom is -0.297 e. The van der Waals surface area contributed by atoms with E-state index in [2.05, 4.69) is 26.9 Å². The van der Waals surface area contributed by atoms with Gasteiger partial charge in [0.05, 0.1) is 5.75 Å². The van der Waals surface area contributed by atoms with E-state index in [9.17, 15) is 13.2 Å². The van der Waals surface area contributed by atoms with Crippen molar-refractivity contribution in [2.24, 2.45) is 0 Å². The summed E-state index contributed by atoms with van der Waals surface area (Å²) in [4.78, 5) is 12.7. The largest absolute Gasteiger partial charge is 0.297 e. The summed E-state index contributed by atoms with van der Waals surface area (Å²) in [6, 6.07) is 4.36. The molecule has 8 nitrogen and oxygen atoms in total. The van der Waals surface area contributed by atoms with Crippen molar-refractivity contribution in [3.63, 3.8) is 0 Å². The van der Waals surface area contributed by atoms with Crippen molar-refractivity contribution >= 4 is 27.8 Å². The van der Waals surface area contributed by atoms with Gasteiger partial charge in [0.15, 0.2) is 0 Å². The molecule has 0 saturated heterocycles. The molecule has 1 aromatic heterocycles. The summed E-state index contributed by atoms with van der Waals surface area (Å²) < 4.78 is 26.1. The number of nitrogens with one attached hydrogen (secondary N) is 1. The summed E-state index contributed by atoms with van der Waals surface area (Å²) in [7, 11) is -3.45. The van der Waals surface area contributed by atoms with Crippen LogP contribution in [0.15, 0.2) is 17.0 Å². The summed E-state index contributed by atoms with van der Waals surface area (Å²) in [5.41, 5.74) is 1.12. The van der Waals surface area contributed by atoms with Gasteiger partial charge in [0, 0.05) is 27.6 Å². The number of aryl methyl sites for hydroxylation is 1. The van der Waals surface area contributed by atoms with E-state index in [1.165, 1.54) is 10.7 Å². The Morgan fingerprint density at radius 3 is 2.92 bits per heavy atom. The third-order valence-corrected chi connectivity index (χ3v) is 5.49. The van der Waals surface area contributed by atoms with E-state index in [4.69, 9.17) is 0 Å². The number of aromatic nitrogens is 4. The fourth-order valence-electron chi connectivity index (χ4n) is 2.61. The fourth-order valence-corrected chi connectivity index (χ4v) is 4.16. The van der Waals surface area contributed by atoms with Gasteiger partial charge in [0.2, 0.25) is 11.9 Å². The van der Waals surface area contributed by atoms with Crippen LogP contribution in [0.4, 0.5) is 5.95 Å². The topological polar surface area (TPSA) is 107 Å². The quantitative estimate of drug-likeness (QED) is 0.597. The number of rotatable bonds is 4. The van der Waals surface area contributed by atoms with Crippen LogP contribution < -0.4 is 5.32 Å². The maximum atomic E-state index is 12.5. The first kappa shape index (κ1) is 19.5. The number of nitrogens with zero attached hydrogens (tertiary/aromatic N) is 4. The normalized spacial score (nSPS) is 14.5. The Kier molecular flexibility index (Phi) is 5.90. The van der Waals surface area contributed by atoms with Crippen LogP contribution in [-0.2, 0) is 37.4 Å². The minimum absolute atomic E-state index is 0. The molecule has 3 rings (SSSR count). The summed E-state index contributed by atoms with van der Waals surface area (Å²) in [6.45, 7) is 4.15. The molecule has 0 bridgehead atoms. The standard InChI is InChI=1S/C15H16N5O3S.W/c1-3-8-20-15(17-18-19-20)16-14(21)12-7-6-11-5-4-9-24(22,23)13(11)10(12)2;/h4-5,7H,3,8-9H2,1-2H3,(H,16,17,19,21);/q-1;. The van der Waals surface area contributed by atoms with Crippen LogP contribution in [0.25, 0.3) is 6.08 Å². The second kappa shape index (κ2) is 7.57. The summed E-state index contributed by atoms with van der Waals surface area (Å²) in [5.74, 6) is -0.320. The van der Waals surface area contributed by atoms with Gasteiger partial charge in [-0.05, 0) is 27.3 Å². The Balaban J connectivity index is 0.00000225. The molecule has 1 amide bonds. The van der Waals surface area contributed by atoms with Crippen molar-refractivity contribution in [3.05, 3.63) is 34.9 Å². The predicted octanol–water partition coefficient (Wildman–Crippen LogP) is 1.24. The summed E-state index contributed by atoms with van der Waals surface area (Å²) in [6.07, 6.45) is 4.09. The van der Waals surface area contributed by atoms with Crippen molar-refractivity contribution in [2.45, 2.75) is 31.7 Å². The molecule has 10 heteroatoms. The Morgan fingerprint density at radius 2 is 2.20 bits per heavy atom. The molecule has 132 valence electrons. The zero-order valence-corrected chi connectivity index (χ0v) is 17.4. The number of carbonyl (C=O) groups excluding carboxylic acids is 1. The van der Waals surface area contributed by atoms with E-state index in [0.717, 1.165) is 6.42 Å². The van der Waals surface area contributed by atoms with Crippen LogP contribution in [0.1, 0.15) is 34.8 Å². The first-order valence-corrected chi connectivity index (χ1v) is 9.11. The number of fused-ring (bicyclic) bond motifs is 1. The van der Waals surface area contributed by atoms with Crippen molar-refractivity contribution < 1.29 is 34.3 Å². The number of benzene rings is 1. The van der Waals surface area contributed by atoms with E-state index in [1.54, 1.807) is 19.1 Å². The van der Waals surface area contributed by atoms with Crippen LogP contribution in [0.2, 0.25) is 0 Å². The number of hydrogen-bond acceptors (Lipinski definition) is 6. The second-order valence-corrected chi connectivity index (χ2v) is 7.40. The Hall–Kier alpha value is -1.86. The van der Waals surface area contributed by atoms with Crippen LogP contribution in [0, 0.1) is 13.0 Å². The zero-order chi connectivity index (χ0) is 17.3. The number of sulfone groups is 1. The molecule has 0 fully saturated rings. The maximum absolute atomic E-state index is 12.5. The molecule has 0 radical (unpaired) electrons. The molecular formula is C15H16N5O3SW-. The molecule has 0 atom stereocenters. The molecule has 2 heterocycles. The molecule has 0 saturated carbocycles. The van der Waals surface area contributed by atoms with E-state index in [-0.39, 0.29) is 43.2 Å². The Morgan fingerprint density at radius 1 is 1.44 bits per heavy atom. The molecule has 25 heavy (non-hydrogen) atoms. The van der Waals surface area contributed by atoms with Gasteiger partial charge in [0.25, 0.3) is 0 Å². The monoisotopic (exact) mass is 530 g/mol. The minimum atomic E-state index is -3.45. The first-order chi connectivity index (χ1) is 11.4. The molecule has 0 spiro atoms. The van der Waals surface area contributed by atoms with E-state index >= 15 is 0 Å². The van der Waals surface area contributed by atoms with Crippen molar-refractivity contribution in [1.82, 2.24) is 20.2 Å². The maximum Gasteiger partial charge on any atom is 0.249 e. The summed E-state index contributed by atoms with van der Waals surface area (Å²) in [5, 5.41) is 13.7. The second-order valence-electron chi connectivity index (χ2n) is 5.43. The van der Waals surface area contributed by atoms with Gasteiger partial charge in [-0.2, -0.15) is 0 Å². The van der Waals surface area contributed by atoms with E-state index in [0.29, 0.717) is 17.7 Å². The SMILES string of the molecule is CCCn1nnnc1NC(=O)c1c[c-]c2c(c1C)S(=O)(=O)CC=C2.[W]. The van der Waals surface area contributed by atoms with Crippen molar-refractivity contribution in [2.75, 3.05) is 11.1 Å². The Bertz CT molecular complexity index is 937. The van der Waals surface area contributed by atoms with Crippen LogP contribution in [0.5, 0.6) is 0 Å². The number of amides is 1. The summed E-state index contributed by atoms with van der Waals surface area (Å²) >= 11 is 0. The molecule has 1 aliphatic heterocycles. The molecule has 0 unspecified atom stereocenters. The fraction of sp³-hybridized carbons (Fsp3) is 0.333. The molecule has 1 aromatic carbocycles. The number of hydrogen-bond donors (Lipinski definition) is 1. The third-order valence-electron chi connectivity index (χ3n) is 3.71. The van der Waals surface area contributed by atoms with Crippen molar-refractivity contribution in [3.8, 4) is 0 Å².